The van der Waals surface area contributed by atoms with E-state index in [0.29, 0.717) is 11.6 Å². The van der Waals surface area contributed by atoms with Gasteiger partial charge in [0.15, 0.2) is 5.13 Å². The summed E-state index contributed by atoms with van der Waals surface area (Å²) in [5.41, 5.74) is 1.84. The highest BCUT2D eigenvalue weighted by molar-refractivity contribution is 7.13. The van der Waals surface area contributed by atoms with Crippen molar-refractivity contribution in [2.75, 3.05) is 5.32 Å². The van der Waals surface area contributed by atoms with Crippen LogP contribution in [0.3, 0.4) is 0 Å². The molecular weight excluding hydrogens is 260 g/mol. The van der Waals surface area contributed by atoms with Crippen LogP contribution in [0.4, 0.5) is 9.93 Å². The summed E-state index contributed by atoms with van der Waals surface area (Å²) < 4.78 is 5.10. The number of anilines is 1. The molecule has 1 amide bonds. The molecule has 0 aliphatic rings. The summed E-state index contributed by atoms with van der Waals surface area (Å²) in [5.74, 6) is 0. The van der Waals surface area contributed by atoms with Gasteiger partial charge in [-0.1, -0.05) is 36.4 Å². The van der Waals surface area contributed by atoms with Crippen molar-refractivity contribution in [2.24, 2.45) is 0 Å². The molecule has 5 heteroatoms. The summed E-state index contributed by atoms with van der Waals surface area (Å²) in [4.78, 5) is 15.8. The summed E-state index contributed by atoms with van der Waals surface area (Å²) in [5, 5.41) is 5.02. The van der Waals surface area contributed by atoms with E-state index in [1.165, 1.54) is 11.3 Å². The maximum atomic E-state index is 11.6. The third-order valence-electron chi connectivity index (χ3n) is 2.33. The van der Waals surface area contributed by atoms with Gasteiger partial charge in [0.1, 0.15) is 6.61 Å². The number of nitrogens with zero attached hydrogens (tertiary/aromatic N) is 1. The van der Waals surface area contributed by atoms with Gasteiger partial charge in [0.2, 0.25) is 0 Å². The number of carbonyl (C=O) groups is 1. The quantitative estimate of drug-likeness (QED) is 0.847. The fraction of sp³-hybridized carbons (Fsp3) is 0.143. The molecule has 98 valence electrons. The second-order valence-electron chi connectivity index (χ2n) is 3.82. The molecule has 0 atom stereocenters. The molecule has 0 fully saturated rings. The summed E-state index contributed by atoms with van der Waals surface area (Å²) in [6.45, 7) is 3.89. The summed E-state index contributed by atoms with van der Waals surface area (Å²) in [6.07, 6.45) is 1.97. The zero-order valence-corrected chi connectivity index (χ0v) is 11.2. The van der Waals surface area contributed by atoms with Crippen molar-refractivity contribution in [2.45, 2.75) is 13.0 Å². The van der Waals surface area contributed by atoms with Crippen molar-refractivity contribution < 1.29 is 9.53 Å². The Bertz CT molecular complexity index is 552. The highest BCUT2D eigenvalue weighted by Gasteiger charge is 2.07. The number of hydrogen-bond donors (Lipinski definition) is 1. The summed E-state index contributed by atoms with van der Waals surface area (Å²) >= 11 is 1.37. The first-order valence-electron chi connectivity index (χ1n) is 5.81. The van der Waals surface area contributed by atoms with E-state index >= 15 is 0 Å². The van der Waals surface area contributed by atoms with Crippen molar-refractivity contribution >= 4 is 22.6 Å². The molecular formula is C14H14N2O2S. The van der Waals surface area contributed by atoms with Crippen LogP contribution in [-0.4, -0.2) is 11.1 Å². The number of ether oxygens (including phenoxy) is 1. The zero-order chi connectivity index (χ0) is 13.5. The van der Waals surface area contributed by atoms with Crippen LogP contribution in [0.1, 0.15) is 11.3 Å². The first-order chi connectivity index (χ1) is 9.28. The molecule has 4 nitrogen and oxygen atoms in total. The molecule has 0 spiro atoms. The average molecular weight is 274 g/mol. The van der Waals surface area contributed by atoms with Gasteiger partial charge in [0, 0.05) is 11.8 Å². The second kappa shape index (κ2) is 6.70. The van der Waals surface area contributed by atoms with Gasteiger partial charge in [-0.2, -0.15) is 0 Å². The van der Waals surface area contributed by atoms with Gasteiger partial charge in [-0.15, -0.1) is 17.9 Å². The molecule has 2 aromatic rings. The maximum Gasteiger partial charge on any atom is 0.413 e. The van der Waals surface area contributed by atoms with Crippen LogP contribution in [0.25, 0.3) is 0 Å². The third-order valence-corrected chi connectivity index (χ3v) is 3.13. The molecule has 1 aromatic heterocycles. The minimum absolute atomic E-state index is 0.248. The van der Waals surface area contributed by atoms with Crippen molar-refractivity contribution in [1.29, 1.82) is 0 Å². The Kier molecular flexibility index (Phi) is 4.69. The maximum absolute atomic E-state index is 11.6. The lowest BCUT2D eigenvalue weighted by atomic mass is 10.2. The summed E-state index contributed by atoms with van der Waals surface area (Å²) in [6, 6.07) is 9.52. The van der Waals surface area contributed by atoms with Gasteiger partial charge in [-0.05, 0) is 5.56 Å². The molecule has 0 radical (unpaired) electrons. The number of thiazole rings is 1. The lowest BCUT2D eigenvalue weighted by Crippen LogP contribution is -2.13. The smallest absolute Gasteiger partial charge is 0.413 e. The van der Waals surface area contributed by atoms with Crippen LogP contribution in [0.2, 0.25) is 0 Å². The van der Waals surface area contributed by atoms with Gasteiger partial charge >= 0.3 is 6.09 Å². The standard InChI is InChI=1S/C14H14N2O2S/c1-2-6-12-10-19-13(15-12)16-14(17)18-9-11-7-4-3-5-8-11/h2-5,7-8,10H,1,6,9H2,(H,15,16,17). The number of amides is 1. The fourth-order valence-corrected chi connectivity index (χ4v) is 2.16. The zero-order valence-electron chi connectivity index (χ0n) is 10.3. The Labute approximate surface area is 115 Å². The van der Waals surface area contributed by atoms with Gasteiger partial charge in [0.05, 0.1) is 5.69 Å². The van der Waals surface area contributed by atoms with E-state index in [1.54, 1.807) is 6.08 Å². The molecule has 0 aliphatic carbocycles. The molecule has 1 heterocycles. The number of aromatic nitrogens is 1. The van der Waals surface area contributed by atoms with E-state index < -0.39 is 6.09 Å². The first kappa shape index (κ1) is 13.3. The van der Waals surface area contributed by atoms with Crippen molar-refractivity contribution in [3.05, 3.63) is 59.6 Å². The largest absolute Gasteiger partial charge is 0.444 e. The predicted octanol–water partition coefficient (Wildman–Crippen LogP) is 3.62. The normalized spacial score (nSPS) is 9.89. The highest BCUT2D eigenvalue weighted by Crippen LogP contribution is 2.16. The molecule has 0 aliphatic heterocycles. The van der Waals surface area contributed by atoms with Crippen LogP contribution >= 0.6 is 11.3 Å². The Hall–Kier alpha value is -2.14. The molecule has 0 unspecified atom stereocenters. The summed E-state index contributed by atoms with van der Waals surface area (Å²) in [7, 11) is 0. The van der Waals surface area contributed by atoms with Crippen molar-refractivity contribution in [3.8, 4) is 0 Å². The van der Waals surface area contributed by atoms with Crippen LogP contribution < -0.4 is 5.32 Å². The molecule has 0 bridgehead atoms. The lowest BCUT2D eigenvalue weighted by Gasteiger charge is -2.04. The highest BCUT2D eigenvalue weighted by atomic mass is 32.1. The van der Waals surface area contributed by atoms with E-state index in [2.05, 4.69) is 16.9 Å². The van der Waals surface area contributed by atoms with E-state index in [9.17, 15) is 4.79 Å². The lowest BCUT2D eigenvalue weighted by molar-refractivity contribution is 0.155. The van der Waals surface area contributed by atoms with Gasteiger partial charge in [0.25, 0.3) is 0 Å². The van der Waals surface area contributed by atoms with Gasteiger partial charge in [-0.3, -0.25) is 5.32 Å². The minimum atomic E-state index is -0.497. The SMILES string of the molecule is C=CCc1csc(NC(=O)OCc2ccccc2)n1. The number of nitrogens with one attached hydrogen (secondary N) is 1. The number of rotatable bonds is 5. The third kappa shape index (κ3) is 4.22. The first-order valence-corrected chi connectivity index (χ1v) is 6.69. The predicted molar refractivity (Wildman–Crippen MR) is 76.3 cm³/mol. The Morgan fingerprint density at radius 1 is 1.42 bits per heavy atom. The number of hydrogen-bond acceptors (Lipinski definition) is 4. The minimum Gasteiger partial charge on any atom is -0.444 e. The monoisotopic (exact) mass is 274 g/mol. The van der Waals surface area contributed by atoms with E-state index in [4.69, 9.17) is 4.74 Å². The van der Waals surface area contributed by atoms with Gasteiger partial charge < -0.3 is 4.74 Å². The molecule has 0 saturated heterocycles. The van der Waals surface area contributed by atoms with Crippen LogP contribution in [0.15, 0.2) is 48.4 Å². The van der Waals surface area contributed by atoms with E-state index in [-0.39, 0.29) is 6.61 Å². The molecule has 2 rings (SSSR count). The topological polar surface area (TPSA) is 51.2 Å². The van der Waals surface area contributed by atoms with E-state index in [1.807, 2.05) is 35.7 Å². The number of benzene rings is 1. The number of carbonyl (C=O) groups excluding carboxylic acids is 1. The van der Waals surface area contributed by atoms with Crippen molar-refractivity contribution in [1.82, 2.24) is 4.98 Å². The van der Waals surface area contributed by atoms with Crippen molar-refractivity contribution in [3.63, 3.8) is 0 Å². The van der Waals surface area contributed by atoms with Crippen LogP contribution in [-0.2, 0) is 17.8 Å². The average Bonchev–Trinajstić information content (AvgIpc) is 2.85. The van der Waals surface area contributed by atoms with E-state index in [0.717, 1.165) is 11.3 Å². The molecule has 19 heavy (non-hydrogen) atoms. The number of allylic oxidation sites excluding steroid dienone is 1. The van der Waals surface area contributed by atoms with Crippen LogP contribution in [0.5, 0.6) is 0 Å². The Morgan fingerprint density at radius 3 is 2.95 bits per heavy atom. The fourth-order valence-electron chi connectivity index (χ4n) is 1.45. The molecule has 1 N–H and O–H groups in total. The second-order valence-corrected chi connectivity index (χ2v) is 4.68. The Balaban J connectivity index is 1.82. The molecule has 0 saturated carbocycles. The molecule has 1 aromatic carbocycles. The van der Waals surface area contributed by atoms with Gasteiger partial charge in [-0.25, -0.2) is 9.78 Å². The van der Waals surface area contributed by atoms with Crippen LogP contribution in [0, 0.1) is 0 Å². The Morgan fingerprint density at radius 2 is 2.21 bits per heavy atom.